The molecule has 0 saturated heterocycles. The Morgan fingerprint density at radius 2 is 1.64 bits per heavy atom. The minimum absolute atomic E-state index is 0.0866. The Kier molecular flexibility index (Phi) is 3.03. The van der Waals surface area contributed by atoms with Crippen LogP contribution in [-0.4, -0.2) is 5.91 Å². The molecule has 0 aromatic heterocycles. The lowest BCUT2D eigenvalue weighted by atomic mass is 9.63. The Morgan fingerprint density at radius 3 is 2.32 bits per heavy atom. The van der Waals surface area contributed by atoms with Crippen molar-refractivity contribution in [1.82, 2.24) is 0 Å². The molecule has 2 N–H and O–H groups in total. The zero-order valence-electron chi connectivity index (χ0n) is 14.3. The van der Waals surface area contributed by atoms with Gasteiger partial charge in [0, 0.05) is 0 Å². The highest BCUT2D eigenvalue weighted by Crippen LogP contribution is 2.72. The monoisotopic (exact) mass is 329 g/mol. The third-order valence-corrected chi connectivity index (χ3v) is 7.05. The van der Waals surface area contributed by atoms with Gasteiger partial charge in [-0.05, 0) is 54.1 Å². The molecular weight excluding hydrogens is 306 g/mol. The van der Waals surface area contributed by atoms with Gasteiger partial charge < -0.3 is 5.73 Å². The molecule has 25 heavy (non-hydrogen) atoms. The van der Waals surface area contributed by atoms with E-state index in [1.54, 1.807) is 0 Å². The molecule has 0 heterocycles. The first-order valence-electron chi connectivity index (χ1n) is 9.25. The van der Waals surface area contributed by atoms with E-state index in [0.29, 0.717) is 11.8 Å². The number of benzene rings is 2. The van der Waals surface area contributed by atoms with Gasteiger partial charge in [-0.15, -0.1) is 0 Å². The Morgan fingerprint density at radius 1 is 0.960 bits per heavy atom. The van der Waals surface area contributed by atoms with Crippen LogP contribution in [0.3, 0.4) is 0 Å². The summed E-state index contributed by atoms with van der Waals surface area (Å²) in [6.45, 7) is 0. The molecule has 126 valence electrons. The summed E-state index contributed by atoms with van der Waals surface area (Å²) in [4.78, 5) is 12.5. The van der Waals surface area contributed by atoms with Crippen molar-refractivity contribution in [1.29, 1.82) is 0 Å². The number of hydrogen-bond donors (Lipinski definition) is 1. The van der Waals surface area contributed by atoms with Crippen molar-refractivity contribution >= 4 is 12.0 Å². The Bertz CT molecular complexity index is 856. The van der Waals surface area contributed by atoms with Crippen molar-refractivity contribution in [2.75, 3.05) is 0 Å². The van der Waals surface area contributed by atoms with Crippen LogP contribution in [0.5, 0.6) is 0 Å². The molecule has 6 rings (SSSR count). The van der Waals surface area contributed by atoms with Gasteiger partial charge in [0.05, 0.1) is 5.41 Å². The smallest absolute Gasteiger partial charge is 0.224 e. The fraction of sp³-hybridized carbons (Fsp3) is 0.348. The molecule has 4 fully saturated rings. The second kappa shape index (κ2) is 5.08. The molecule has 2 aromatic rings. The van der Waals surface area contributed by atoms with Crippen LogP contribution in [0.2, 0.25) is 0 Å². The third kappa shape index (κ3) is 2.00. The minimum Gasteiger partial charge on any atom is -0.369 e. The summed E-state index contributed by atoms with van der Waals surface area (Å²) in [6.07, 6.45) is 6.42. The SMILES string of the molecule is NC(=O)C12CC3CC(c4ccccc4)(CC1/C3=C\c1ccccc1)C2. The van der Waals surface area contributed by atoms with Crippen molar-refractivity contribution in [3.63, 3.8) is 0 Å². The average molecular weight is 329 g/mol. The van der Waals surface area contributed by atoms with E-state index in [9.17, 15) is 4.79 Å². The molecule has 0 aliphatic heterocycles. The van der Waals surface area contributed by atoms with Gasteiger partial charge in [-0.1, -0.05) is 72.3 Å². The number of amides is 1. The first-order valence-corrected chi connectivity index (χ1v) is 9.25. The first kappa shape index (κ1) is 14.9. The molecule has 4 saturated carbocycles. The summed E-state index contributed by atoms with van der Waals surface area (Å²) >= 11 is 0. The van der Waals surface area contributed by atoms with E-state index in [1.807, 2.05) is 6.07 Å². The molecule has 4 unspecified atom stereocenters. The van der Waals surface area contributed by atoms with Gasteiger partial charge in [0.25, 0.3) is 0 Å². The molecule has 4 atom stereocenters. The summed E-state index contributed by atoms with van der Waals surface area (Å²) in [6, 6.07) is 21.3. The van der Waals surface area contributed by atoms with Crippen LogP contribution in [0, 0.1) is 17.3 Å². The number of allylic oxidation sites excluding steroid dienone is 1. The number of primary amides is 1. The summed E-state index contributed by atoms with van der Waals surface area (Å²) in [5.74, 6) is 0.709. The second-order valence-corrected chi connectivity index (χ2v) is 8.26. The molecule has 4 bridgehead atoms. The number of hydrogen-bond acceptors (Lipinski definition) is 1. The van der Waals surface area contributed by atoms with E-state index < -0.39 is 0 Å². The molecule has 0 spiro atoms. The topological polar surface area (TPSA) is 43.1 Å². The Hall–Kier alpha value is -2.35. The van der Waals surface area contributed by atoms with E-state index >= 15 is 0 Å². The maximum Gasteiger partial charge on any atom is 0.224 e. The Labute approximate surface area is 148 Å². The predicted octanol–water partition coefficient (Wildman–Crippen LogP) is 4.31. The van der Waals surface area contributed by atoms with Crippen LogP contribution >= 0.6 is 0 Å². The summed E-state index contributed by atoms with van der Waals surface area (Å²) in [5.41, 5.74) is 9.89. The molecule has 2 aromatic carbocycles. The standard InChI is InChI=1S/C23H23NO/c24-21(25)23-13-17-12-22(15-23,18-9-5-2-6-10-18)14-20(23)19(17)11-16-7-3-1-4-8-16/h1-11,17,20H,12-15H2,(H2,24,25)/b19-11-. The lowest BCUT2D eigenvalue weighted by Gasteiger charge is -2.41. The van der Waals surface area contributed by atoms with Crippen molar-refractivity contribution in [3.05, 3.63) is 77.4 Å². The van der Waals surface area contributed by atoms with Gasteiger partial charge >= 0.3 is 0 Å². The minimum atomic E-state index is -0.334. The summed E-state index contributed by atoms with van der Waals surface area (Å²) in [7, 11) is 0. The van der Waals surface area contributed by atoms with Gasteiger partial charge in [0.1, 0.15) is 0 Å². The van der Waals surface area contributed by atoms with Crippen LogP contribution < -0.4 is 5.73 Å². The highest BCUT2D eigenvalue weighted by molar-refractivity contribution is 5.85. The normalized spacial score (nSPS) is 36.9. The van der Waals surface area contributed by atoms with Gasteiger partial charge in [-0.2, -0.15) is 0 Å². The van der Waals surface area contributed by atoms with Crippen LogP contribution in [0.15, 0.2) is 66.2 Å². The average Bonchev–Trinajstić information content (AvgIpc) is 3.01. The Balaban J connectivity index is 1.61. The van der Waals surface area contributed by atoms with Crippen LogP contribution in [0.25, 0.3) is 6.08 Å². The number of rotatable bonds is 3. The molecule has 4 aliphatic rings. The molecule has 4 aliphatic carbocycles. The van der Waals surface area contributed by atoms with E-state index in [0.717, 1.165) is 25.7 Å². The van der Waals surface area contributed by atoms with Crippen molar-refractivity contribution in [3.8, 4) is 0 Å². The van der Waals surface area contributed by atoms with Crippen LogP contribution in [-0.2, 0) is 10.2 Å². The maximum absolute atomic E-state index is 12.5. The zero-order chi connectivity index (χ0) is 17.1. The molecule has 1 amide bonds. The third-order valence-electron chi connectivity index (χ3n) is 7.05. The van der Waals surface area contributed by atoms with Gasteiger partial charge in [0.15, 0.2) is 0 Å². The number of carbonyl (C=O) groups excluding carboxylic acids is 1. The van der Waals surface area contributed by atoms with Crippen molar-refractivity contribution < 1.29 is 4.79 Å². The molecule has 0 radical (unpaired) electrons. The second-order valence-electron chi connectivity index (χ2n) is 8.26. The highest BCUT2D eigenvalue weighted by Gasteiger charge is 2.68. The molecule has 2 nitrogen and oxygen atoms in total. The van der Waals surface area contributed by atoms with Crippen LogP contribution in [0.1, 0.15) is 36.8 Å². The fourth-order valence-corrected chi connectivity index (χ4v) is 6.14. The van der Waals surface area contributed by atoms with Gasteiger partial charge in [0.2, 0.25) is 5.91 Å². The fourth-order valence-electron chi connectivity index (χ4n) is 6.14. The molecule has 2 heteroatoms. The first-order chi connectivity index (χ1) is 12.1. The van der Waals surface area contributed by atoms with Crippen molar-refractivity contribution in [2.45, 2.75) is 31.1 Å². The quantitative estimate of drug-likeness (QED) is 0.895. The number of carbonyl (C=O) groups is 1. The van der Waals surface area contributed by atoms with E-state index in [1.165, 1.54) is 16.7 Å². The van der Waals surface area contributed by atoms with E-state index in [2.05, 4.69) is 60.7 Å². The highest BCUT2D eigenvalue weighted by atomic mass is 16.1. The van der Waals surface area contributed by atoms with Crippen LogP contribution in [0.4, 0.5) is 0 Å². The number of nitrogens with two attached hydrogens (primary N) is 1. The largest absolute Gasteiger partial charge is 0.369 e. The predicted molar refractivity (Wildman–Crippen MR) is 99.6 cm³/mol. The maximum atomic E-state index is 12.5. The lowest BCUT2D eigenvalue weighted by Crippen LogP contribution is -2.41. The van der Waals surface area contributed by atoms with Crippen molar-refractivity contribution in [2.24, 2.45) is 23.0 Å². The summed E-state index contributed by atoms with van der Waals surface area (Å²) < 4.78 is 0. The molecular formula is C23H23NO. The van der Waals surface area contributed by atoms with E-state index in [4.69, 9.17) is 5.73 Å². The van der Waals surface area contributed by atoms with E-state index in [-0.39, 0.29) is 16.7 Å². The van der Waals surface area contributed by atoms with Gasteiger partial charge in [-0.25, -0.2) is 0 Å². The zero-order valence-corrected chi connectivity index (χ0v) is 14.3. The summed E-state index contributed by atoms with van der Waals surface area (Å²) in [5, 5.41) is 0. The lowest BCUT2D eigenvalue weighted by molar-refractivity contribution is -0.129. The van der Waals surface area contributed by atoms with Gasteiger partial charge in [-0.3, -0.25) is 4.79 Å².